The van der Waals surface area contributed by atoms with Crippen molar-refractivity contribution in [2.45, 2.75) is 24.5 Å². The molecule has 78 valence electrons. The normalized spacial score (nSPS) is 34.0. The molecule has 2 rings (SSSR count). The van der Waals surface area contributed by atoms with Gasteiger partial charge < -0.3 is 9.84 Å². The quantitative estimate of drug-likeness (QED) is 0.724. The Morgan fingerprint density at radius 1 is 1.79 bits per heavy atom. The van der Waals surface area contributed by atoms with Crippen LogP contribution in [0.4, 0.5) is 0 Å². The summed E-state index contributed by atoms with van der Waals surface area (Å²) in [7, 11) is 0.621. The van der Waals surface area contributed by atoms with Crippen LogP contribution in [0.1, 0.15) is 6.92 Å². The van der Waals surface area contributed by atoms with Crippen LogP contribution in [0.3, 0.4) is 0 Å². The summed E-state index contributed by atoms with van der Waals surface area (Å²) < 4.78 is 7.28. The fourth-order valence-electron chi connectivity index (χ4n) is 1.62. The van der Waals surface area contributed by atoms with Crippen LogP contribution in [0.5, 0.6) is 0 Å². The first kappa shape index (κ1) is 10.0. The van der Waals surface area contributed by atoms with Crippen molar-refractivity contribution < 1.29 is 9.84 Å². The molecule has 5 nitrogen and oxygen atoms in total. The first-order valence-corrected chi connectivity index (χ1v) is 5.62. The molecule has 0 aliphatic carbocycles. The maximum absolute atomic E-state index is 8.97. The summed E-state index contributed by atoms with van der Waals surface area (Å²) >= 11 is 0. The van der Waals surface area contributed by atoms with E-state index in [0.29, 0.717) is 15.2 Å². The van der Waals surface area contributed by atoms with Crippen LogP contribution in [0.15, 0.2) is 12.7 Å². The van der Waals surface area contributed by atoms with Gasteiger partial charge in [-0.2, -0.15) is 5.10 Å². The van der Waals surface area contributed by atoms with Crippen LogP contribution in [0, 0.1) is 0 Å². The topological polar surface area (TPSA) is 60.2 Å². The summed E-state index contributed by atoms with van der Waals surface area (Å²) in [4.78, 5) is 3.90. The maximum Gasteiger partial charge on any atom is 0.137 e. The fourth-order valence-corrected chi connectivity index (χ4v) is 3.07. The Labute approximate surface area is 84.3 Å². The molecular weight excluding hydrogens is 201 g/mol. The summed E-state index contributed by atoms with van der Waals surface area (Å²) in [5, 5.41) is 13.1. The lowest BCUT2D eigenvalue weighted by molar-refractivity contribution is 0.0739. The zero-order valence-electron chi connectivity index (χ0n) is 8.05. The SMILES string of the molecule is C[C@@]1(Cn2cncn2)COC(CO)P1. The molecule has 14 heavy (non-hydrogen) atoms. The molecule has 1 aliphatic rings. The molecule has 0 aromatic carbocycles. The Bertz CT molecular complexity index is 293. The maximum atomic E-state index is 8.97. The Morgan fingerprint density at radius 3 is 3.21 bits per heavy atom. The van der Waals surface area contributed by atoms with Crippen LogP contribution in [0.2, 0.25) is 0 Å². The second kappa shape index (κ2) is 3.93. The lowest BCUT2D eigenvalue weighted by Crippen LogP contribution is -2.27. The number of aliphatic hydroxyl groups is 1. The summed E-state index contributed by atoms with van der Waals surface area (Å²) in [5.41, 5.74) is 0. The number of aliphatic hydroxyl groups excluding tert-OH is 1. The van der Waals surface area contributed by atoms with Gasteiger partial charge >= 0.3 is 0 Å². The first-order valence-electron chi connectivity index (χ1n) is 4.54. The van der Waals surface area contributed by atoms with E-state index in [2.05, 4.69) is 17.0 Å². The molecular formula is C8H14N3O2P. The number of hydrogen-bond donors (Lipinski definition) is 1. The molecule has 0 radical (unpaired) electrons. The zero-order chi connectivity index (χ0) is 10.0. The highest BCUT2D eigenvalue weighted by Gasteiger charge is 2.36. The van der Waals surface area contributed by atoms with Crippen molar-refractivity contribution in [1.29, 1.82) is 0 Å². The van der Waals surface area contributed by atoms with Gasteiger partial charge in [0.25, 0.3) is 0 Å². The Balaban J connectivity index is 1.97. The van der Waals surface area contributed by atoms with Gasteiger partial charge in [0.05, 0.1) is 25.6 Å². The highest BCUT2D eigenvalue weighted by Crippen LogP contribution is 2.44. The van der Waals surface area contributed by atoms with E-state index in [0.717, 1.165) is 6.54 Å². The molecule has 0 saturated carbocycles. The Hall–Kier alpha value is -0.510. The second-order valence-corrected chi connectivity index (χ2v) is 5.92. The molecule has 1 aliphatic heterocycles. The molecule has 0 amide bonds. The van der Waals surface area contributed by atoms with E-state index < -0.39 is 0 Å². The lowest BCUT2D eigenvalue weighted by Gasteiger charge is -2.21. The molecule has 1 aromatic heterocycles. The lowest BCUT2D eigenvalue weighted by atomic mass is 10.2. The largest absolute Gasteiger partial charge is 0.393 e. The summed E-state index contributed by atoms with van der Waals surface area (Å²) in [5.74, 6) is 0.0171. The molecule has 0 bridgehead atoms. The van der Waals surface area contributed by atoms with Gasteiger partial charge in [-0.3, -0.25) is 4.68 Å². The predicted molar refractivity (Wildman–Crippen MR) is 53.6 cm³/mol. The minimum Gasteiger partial charge on any atom is -0.393 e. The zero-order valence-corrected chi connectivity index (χ0v) is 9.05. The van der Waals surface area contributed by atoms with Gasteiger partial charge in [-0.15, -0.1) is 0 Å². The molecule has 1 aromatic rings. The molecule has 6 heteroatoms. The summed E-state index contributed by atoms with van der Waals surface area (Å²) in [6, 6.07) is 0. The third-order valence-electron chi connectivity index (χ3n) is 2.26. The van der Waals surface area contributed by atoms with Gasteiger partial charge in [0.15, 0.2) is 0 Å². The van der Waals surface area contributed by atoms with Gasteiger partial charge in [-0.05, 0) is 0 Å². The molecule has 1 fully saturated rings. The number of aromatic nitrogens is 3. The van der Waals surface area contributed by atoms with Gasteiger partial charge in [-0.1, -0.05) is 15.5 Å². The number of ether oxygens (including phenoxy) is 1. The summed E-state index contributed by atoms with van der Waals surface area (Å²) in [6.45, 7) is 3.77. The van der Waals surface area contributed by atoms with Crippen molar-refractivity contribution in [3.05, 3.63) is 12.7 Å². The number of nitrogens with zero attached hydrogens (tertiary/aromatic N) is 3. The van der Waals surface area contributed by atoms with Crippen molar-refractivity contribution in [2.75, 3.05) is 13.2 Å². The van der Waals surface area contributed by atoms with Crippen LogP contribution < -0.4 is 0 Å². The Kier molecular flexibility index (Phi) is 2.81. The van der Waals surface area contributed by atoms with E-state index in [9.17, 15) is 0 Å². The van der Waals surface area contributed by atoms with Gasteiger partial charge in [0.2, 0.25) is 0 Å². The number of hydrogen-bond acceptors (Lipinski definition) is 4. The smallest absolute Gasteiger partial charge is 0.137 e. The Morgan fingerprint density at radius 2 is 2.64 bits per heavy atom. The predicted octanol–water partition coefficient (Wildman–Crippen LogP) is 0.0639. The molecule has 1 N–H and O–H groups in total. The van der Waals surface area contributed by atoms with Crippen LogP contribution in [-0.2, 0) is 11.3 Å². The molecule has 0 spiro atoms. The van der Waals surface area contributed by atoms with E-state index in [1.807, 2.05) is 4.68 Å². The number of rotatable bonds is 3. The average Bonchev–Trinajstić information content (AvgIpc) is 2.76. The standard InChI is InChI=1S/C8H14N3O2P/c1-8(3-11-6-9-5-10-11)4-13-7(2-12)14-8/h5-7,12,14H,2-4H2,1H3/t7?,8-/m1/s1. The van der Waals surface area contributed by atoms with E-state index in [1.54, 1.807) is 6.33 Å². The second-order valence-electron chi connectivity index (χ2n) is 3.78. The molecule has 3 atom stereocenters. The van der Waals surface area contributed by atoms with Gasteiger partial charge in [0, 0.05) is 5.16 Å². The molecule has 2 heterocycles. The minimum absolute atomic E-state index is 0.0171. The van der Waals surface area contributed by atoms with Crippen molar-refractivity contribution in [1.82, 2.24) is 14.8 Å². The van der Waals surface area contributed by atoms with Crippen LogP contribution >= 0.6 is 8.58 Å². The van der Waals surface area contributed by atoms with Gasteiger partial charge in [0.1, 0.15) is 12.7 Å². The third kappa shape index (κ3) is 2.11. The van der Waals surface area contributed by atoms with E-state index in [4.69, 9.17) is 9.84 Å². The van der Waals surface area contributed by atoms with E-state index in [-0.39, 0.29) is 17.6 Å². The van der Waals surface area contributed by atoms with E-state index >= 15 is 0 Å². The van der Waals surface area contributed by atoms with Crippen molar-refractivity contribution >= 4 is 8.58 Å². The molecule has 2 unspecified atom stereocenters. The van der Waals surface area contributed by atoms with Crippen LogP contribution in [-0.4, -0.2) is 44.1 Å². The molecule has 1 saturated heterocycles. The first-order chi connectivity index (χ1) is 6.72. The van der Waals surface area contributed by atoms with E-state index in [1.165, 1.54) is 6.33 Å². The van der Waals surface area contributed by atoms with Crippen molar-refractivity contribution in [3.63, 3.8) is 0 Å². The highest BCUT2D eigenvalue weighted by atomic mass is 31.1. The highest BCUT2D eigenvalue weighted by molar-refractivity contribution is 7.41. The fraction of sp³-hybridized carbons (Fsp3) is 0.750. The average molecular weight is 215 g/mol. The minimum atomic E-state index is 0.0171. The summed E-state index contributed by atoms with van der Waals surface area (Å²) in [6.07, 6.45) is 3.24. The monoisotopic (exact) mass is 215 g/mol. The van der Waals surface area contributed by atoms with Crippen molar-refractivity contribution in [2.24, 2.45) is 0 Å². The van der Waals surface area contributed by atoms with Gasteiger partial charge in [-0.25, -0.2) is 4.98 Å². The van der Waals surface area contributed by atoms with Crippen molar-refractivity contribution in [3.8, 4) is 0 Å². The van der Waals surface area contributed by atoms with Crippen LogP contribution in [0.25, 0.3) is 0 Å². The third-order valence-corrected chi connectivity index (χ3v) is 3.93.